The summed E-state index contributed by atoms with van der Waals surface area (Å²) in [7, 11) is 0. The second kappa shape index (κ2) is 7.42. The van der Waals surface area contributed by atoms with Gasteiger partial charge in [-0.3, -0.25) is 4.79 Å². The number of benzene rings is 1. The van der Waals surface area contributed by atoms with Gasteiger partial charge in [-0.1, -0.05) is 0 Å². The van der Waals surface area contributed by atoms with Crippen molar-refractivity contribution in [3.05, 3.63) is 69.7 Å². The quantitative estimate of drug-likeness (QED) is 0.700. The molecule has 1 N–H and O–H groups in total. The molecule has 3 aromatic rings. The van der Waals surface area contributed by atoms with Crippen LogP contribution in [0.2, 0.25) is 0 Å². The van der Waals surface area contributed by atoms with E-state index in [1.165, 1.54) is 41.7 Å². The largest absolute Gasteiger partial charge is 0.486 e. The Balaban J connectivity index is 1.66. The molecule has 1 aromatic carbocycles. The van der Waals surface area contributed by atoms with Gasteiger partial charge in [0.15, 0.2) is 5.76 Å². The Morgan fingerprint density at radius 1 is 1.27 bits per heavy atom. The Hall–Kier alpha value is -3.11. The van der Waals surface area contributed by atoms with E-state index in [0.717, 1.165) is 10.4 Å². The van der Waals surface area contributed by atoms with Crippen molar-refractivity contribution in [3.8, 4) is 11.8 Å². The highest BCUT2D eigenvalue weighted by atomic mass is 32.1. The number of nitrogens with zero attached hydrogens (tertiary/aromatic N) is 1. The second-order valence-corrected chi connectivity index (χ2v) is 6.79. The molecule has 0 atom stereocenters. The number of halogens is 1. The Morgan fingerprint density at radius 2 is 2.00 bits per heavy atom. The molecule has 2 aromatic heterocycles. The van der Waals surface area contributed by atoms with E-state index in [2.05, 4.69) is 11.4 Å². The molecule has 7 heteroatoms. The third-order valence-corrected chi connectivity index (χ3v) is 4.93. The van der Waals surface area contributed by atoms with E-state index in [4.69, 9.17) is 9.15 Å². The lowest BCUT2D eigenvalue weighted by atomic mass is 10.2. The van der Waals surface area contributed by atoms with Gasteiger partial charge in [0.05, 0.1) is 5.56 Å². The first kappa shape index (κ1) is 17.7. The topological polar surface area (TPSA) is 75.3 Å². The van der Waals surface area contributed by atoms with Crippen molar-refractivity contribution in [2.75, 3.05) is 5.32 Å². The molecule has 132 valence electrons. The highest BCUT2D eigenvalue weighted by Crippen LogP contribution is 2.32. The maximum absolute atomic E-state index is 12.9. The minimum atomic E-state index is -0.434. The van der Waals surface area contributed by atoms with Crippen LogP contribution in [0.25, 0.3) is 0 Å². The van der Waals surface area contributed by atoms with E-state index in [9.17, 15) is 14.4 Å². The molecule has 2 heterocycles. The third-order valence-electron chi connectivity index (χ3n) is 3.80. The van der Waals surface area contributed by atoms with Crippen molar-refractivity contribution < 1.29 is 18.3 Å². The Morgan fingerprint density at radius 3 is 2.69 bits per heavy atom. The van der Waals surface area contributed by atoms with Crippen LogP contribution in [0.5, 0.6) is 5.75 Å². The van der Waals surface area contributed by atoms with Crippen LogP contribution < -0.4 is 10.1 Å². The number of thiophene rings is 1. The smallest absolute Gasteiger partial charge is 0.292 e. The number of nitriles is 1. The SMILES string of the molecule is Cc1sc(NC(=O)c2ccc(COc3ccc(F)cc3)o2)c(C#N)c1C. The summed E-state index contributed by atoms with van der Waals surface area (Å²) < 4.78 is 23.8. The molecule has 0 bridgehead atoms. The fourth-order valence-corrected chi connectivity index (χ4v) is 3.28. The predicted octanol–water partition coefficient (Wildman–Crippen LogP) is 4.80. The number of anilines is 1. The number of aryl methyl sites for hydroxylation is 1. The number of amides is 1. The molecule has 0 spiro atoms. The summed E-state index contributed by atoms with van der Waals surface area (Å²) in [6.45, 7) is 3.85. The summed E-state index contributed by atoms with van der Waals surface area (Å²) in [6, 6.07) is 10.9. The molecule has 0 unspecified atom stereocenters. The van der Waals surface area contributed by atoms with Gasteiger partial charge in [0.25, 0.3) is 5.91 Å². The maximum atomic E-state index is 12.9. The monoisotopic (exact) mass is 370 g/mol. The summed E-state index contributed by atoms with van der Waals surface area (Å²) in [4.78, 5) is 13.3. The van der Waals surface area contributed by atoms with Crippen molar-refractivity contribution in [1.29, 1.82) is 5.26 Å². The normalized spacial score (nSPS) is 10.4. The zero-order valence-electron chi connectivity index (χ0n) is 14.1. The molecular weight excluding hydrogens is 355 g/mol. The minimum absolute atomic E-state index is 0.111. The molecule has 0 fully saturated rings. The fraction of sp³-hybridized carbons (Fsp3) is 0.158. The van der Waals surface area contributed by atoms with Crippen molar-refractivity contribution in [2.45, 2.75) is 20.5 Å². The van der Waals surface area contributed by atoms with Crippen LogP contribution in [-0.4, -0.2) is 5.91 Å². The van der Waals surface area contributed by atoms with Crippen LogP contribution >= 0.6 is 11.3 Å². The molecule has 26 heavy (non-hydrogen) atoms. The second-order valence-electron chi connectivity index (χ2n) is 5.56. The van der Waals surface area contributed by atoms with Gasteiger partial charge in [-0.2, -0.15) is 5.26 Å². The lowest BCUT2D eigenvalue weighted by Gasteiger charge is -2.04. The van der Waals surface area contributed by atoms with Crippen molar-refractivity contribution >= 4 is 22.2 Å². The van der Waals surface area contributed by atoms with Gasteiger partial charge in [0.1, 0.15) is 35.0 Å². The third kappa shape index (κ3) is 3.76. The van der Waals surface area contributed by atoms with E-state index in [0.29, 0.717) is 22.1 Å². The van der Waals surface area contributed by atoms with Gasteiger partial charge in [-0.15, -0.1) is 11.3 Å². The van der Waals surface area contributed by atoms with Crippen LogP contribution in [0.3, 0.4) is 0 Å². The average molecular weight is 370 g/mol. The van der Waals surface area contributed by atoms with Crippen LogP contribution in [0.15, 0.2) is 40.8 Å². The molecule has 0 aliphatic rings. The van der Waals surface area contributed by atoms with Crippen LogP contribution in [-0.2, 0) is 6.61 Å². The number of furan rings is 1. The van der Waals surface area contributed by atoms with Gasteiger partial charge in [-0.25, -0.2) is 4.39 Å². The van der Waals surface area contributed by atoms with Crippen LogP contribution in [0.1, 0.15) is 32.3 Å². The standard InChI is InChI=1S/C19H15FN2O3S/c1-11-12(2)26-19(16(11)9-21)22-18(23)17-8-7-15(25-17)10-24-14-5-3-13(20)4-6-14/h3-8H,10H2,1-2H3,(H,22,23). The van der Waals surface area contributed by atoms with E-state index in [-0.39, 0.29) is 18.2 Å². The molecule has 0 aliphatic carbocycles. The molecule has 0 aliphatic heterocycles. The van der Waals surface area contributed by atoms with Crippen LogP contribution in [0.4, 0.5) is 9.39 Å². The Bertz CT molecular complexity index is 983. The van der Waals surface area contributed by atoms with Gasteiger partial charge in [-0.05, 0) is 55.8 Å². The number of rotatable bonds is 5. The van der Waals surface area contributed by atoms with Gasteiger partial charge in [0.2, 0.25) is 0 Å². The highest BCUT2D eigenvalue weighted by molar-refractivity contribution is 7.16. The number of nitrogens with one attached hydrogen (secondary N) is 1. The van der Waals surface area contributed by atoms with Crippen molar-refractivity contribution in [3.63, 3.8) is 0 Å². The van der Waals surface area contributed by atoms with E-state index in [1.54, 1.807) is 6.07 Å². The van der Waals surface area contributed by atoms with E-state index in [1.807, 2.05) is 13.8 Å². The first-order valence-corrected chi connectivity index (χ1v) is 8.58. The van der Waals surface area contributed by atoms with E-state index < -0.39 is 5.91 Å². The van der Waals surface area contributed by atoms with Gasteiger partial charge < -0.3 is 14.5 Å². The average Bonchev–Trinajstić information content (AvgIpc) is 3.20. The van der Waals surface area contributed by atoms with Crippen molar-refractivity contribution in [2.24, 2.45) is 0 Å². The Labute approximate surface area is 153 Å². The number of carbonyl (C=O) groups excluding carboxylic acids is 1. The minimum Gasteiger partial charge on any atom is -0.486 e. The predicted molar refractivity (Wildman–Crippen MR) is 95.9 cm³/mol. The van der Waals surface area contributed by atoms with Gasteiger partial charge in [0, 0.05) is 4.88 Å². The zero-order chi connectivity index (χ0) is 18.7. The summed E-state index contributed by atoms with van der Waals surface area (Å²) in [6.07, 6.45) is 0. The highest BCUT2D eigenvalue weighted by Gasteiger charge is 2.17. The molecule has 3 rings (SSSR count). The zero-order valence-corrected chi connectivity index (χ0v) is 14.9. The molecule has 0 saturated carbocycles. The summed E-state index contributed by atoms with van der Waals surface area (Å²) in [5, 5.41) is 12.5. The maximum Gasteiger partial charge on any atom is 0.292 e. The molecular formula is C19H15FN2O3S. The number of ether oxygens (including phenoxy) is 1. The fourth-order valence-electron chi connectivity index (χ4n) is 2.28. The number of carbonyl (C=O) groups is 1. The van der Waals surface area contributed by atoms with Crippen molar-refractivity contribution in [1.82, 2.24) is 0 Å². The summed E-state index contributed by atoms with van der Waals surface area (Å²) in [5.74, 6) is 0.298. The van der Waals surface area contributed by atoms with E-state index >= 15 is 0 Å². The first-order valence-electron chi connectivity index (χ1n) is 7.76. The first-order chi connectivity index (χ1) is 12.5. The van der Waals surface area contributed by atoms with Crippen LogP contribution in [0, 0.1) is 31.0 Å². The Kier molecular flexibility index (Phi) is 5.05. The van der Waals surface area contributed by atoms with Gasteiger partial charge >= 0.3 is 0 Å². The number of hydrogen-bond acceptors (Lipinski definition) is 5. The molecule has 0 radical (unpaired) electrons. The number of hydrogen-bond donors (Lipinski definition) is 1. The molecule has 5 nitrogen and oxygen atoms in total. The summed E-state index contributed by atoms with van der Waals surface area (Å²) in [5.41, 5.74) is 1.33. The lowest BCUT2D eigenvalue weighted by Crippen LogP contribution is -2.10. The molecule has 0 saturated heterocycles. The summed E-state index contributed by atoms with van der Waals surface area (Å²) >= 11 is 1.35. The molecule has 1 amide bonds. The lowest BCUT2D eigenvalue weighted by molar-refractivity contribution is 0.0993.